The first-order valence-corrected chi connectivity index (χ1v) is 4.23. The van der Waals surface area contributed by atoms with E-state index in [2.05, 4.69) is 9.97 Å². The van der Waals surface area contributed by atoms with Crippen LogP contribution >= 0.6 is 11.6 Å². The summed E-state index contributed by atoms with van der Waals surface area (Å²) in [5.41, 5.74) is 0. The van der Waals surface area contributed by atoms with E-state index in [9.17, 15) is 0 Å². The highest BCUT2D eigenvalue weighted by atomic mass is 35.5. The molecule has 0 aromatic carbocycles. The normalized spacial score (nSPS) is 10.7. The van der Waals surface area contributed by atoms with E-state index in [1.165, 1.54) is 0 Å². The molecule has 0 spiro atoms. The van der Waals surface area contributed by atoms with Crippen LogP contribution in [0.4, 0.5) is 5.82 Å². The number of anilines is 1. The van der Waals surface area contributed by atoms with E-state index in [1.807, 2.05) is 19.0 Å². The molecule has 0 bridgehead atoms. The van der Waals surface area contributed by atoms with E-state index in [1.54, 1.807) is 22.9 Å². The summed E-state index contributed by atoms with van der Waals surface area (Å²) >= 11 is 6.00. The summed E-state index contributed by atoms with van der Waals surface area (Å²) in [5, 5.41) is 0.617. The Morgan fingerprint density at radius 2 is 2.23 bits per heavy atom. The summed E-state index contributed by atoms with van der Waals surface area (Å²) in [5.74, 6) is 1.43. The van der Waals surface area contributed by atoms with Crippen molar-refractivity contribution in [1.82, 2.24) is 14.4 Å². The number of imidazole rings is 1. The van der Waals surface area contributed by atoms with E-state index in [4.69, 9.17) is 11.6 Å². The highest BCUT2D eigenvalue weighted by molar-refractivity contribution is 6.30. The Labute approximate surface area is 80.8 Å². The average molecular weight is 197 g/mol. The quantitative estimate of drug-likeness (QED) is 0.648. The number of hydrogen-bond donors (Lipinski definition) is 0. The van der Waals surface area contributed by atoms with Crippen LogP contribution in [0.5, 0.6) is 0 Å². The first-order valence-electron chi connectivity index (χ1n) is 3.85. The molecule has 0 atom stereocenters. The van der Waals surface area contributed by atoms with Crippen molar-refractivity contribution in [3.05, 3.63) is 23.6 Å². The fourth-order valence-corrected chi connectivity index (χ4v) is 1.31. The number of rotatable bonds is 1. The molecule has 2 heterocycles. The smallest absolute Gasteiger partial charge is 0.236 e. The van der Waals surface area contributed by atoms with E-state index in [0.717, 1.165) is 5.82 Å². The fraction of sp³-hybridized carbons (Fsp3) is 0.250. The molecule has 0 unspecified atom stereocenters. The first-order chi connectivity index (χ1) is 6.18. The maximum Gasteiger partial charge on any atom is 0.236 e. The molecule has 0 N–H and O–H groups in total. The van der Waals surface area contributed by atoms with Gasteiger partial charge in [0.1, 0.15) is 11.0 Å². The zero-order chi connectivity index (χ0) is 9.42. The zero-order valence-corrected chi connectivity index (χ0v) is 8.15. The van der Waals surface area contributed by atoms with Crippen LogP contribution in [0, 0.1) is 0 Å². The van der Waals surface area contributed by atoms with Gasteiger partial charge in [0.15, 0.2) is 0 Å². The lowest BCUT2D eigenvalue weighted by Crippen LogP contribution is -2.11. The van der Waals surface area contributed by atoms with Crippen molar-refractivity contribution in [2.45, 2.75) is 0 Å². The number of nitrogens with zero attached hydrogens (tertiary/aromatic N) is 4. The third-order valence-electron chi connectivity index (χ3n) is 1.77. The lowest BCUT2D eigenvalue weighted by molar-refractivity contribution is 1.03. The van der Waals surface area contributed by atoms with Gasteiger partial charge in [-0.25, -0.2) is 4.98 Å². The number of aromatic nitrogens is 3. The predicted molar refractivity (Wildman–Crippen MR) is 52.3 cm³/mol. The summed E-state index contributed by atoms with van der Waals surface area (Å²) in [6.45, 7) is 0. The van der Waals surface area contributed by atoms with Crippen LogP contribution in [0.1, 0.15) is 0 Å². The van der Waals surface area contributed by atoms with Gasteiger partial charge in [-0.3, -0.25) is 4.40 Å². The van der Waals surface area contributed by atoms with Crippen LogP contribution < -0.4 is 4.90 Å². The molecule has 0 fully saturated rings. The largest absolute Gasteiger partial charge is 0.363 e. The molecule has 0 aliphatic heterocycles. The molecule has 0 aliphatic rings. The summed E-state index contributed by atoms with van der Waals surface area (Å²) in [6, 6.07) is 1.80. The third-order valence-corrected chi connectivity index (χ3v) is 2.06. The summed E-state index contributed by atoms with van der Waals surface area (Å²) < 4.78 is 1.73. The van der Waals surface area contributed by atoms with Crippen LogP contribution in [0.15, 0.2) is 18.5 Å². The van der Waals surface area contributed by atoms with Crippen molar-refractivity contribution in [3.63, 3.8) is 0 Å². The van der Waals surface area contributed by atoms with Gasteiger partial charge in [0.2, 0.25) is 5.78 Å². The fourth-order valence-electron chi connectivity index (χ4n) is 1.08. The molecule has 13 heavy (non-hydrogen) atoms. The second-order valence-corrected chi connectivity index (χ2v) is 3.32. The lowest BCUT2D eigenvalue weighted by Gasteiger charge is -2.11. The first kappa shape index (κ1) is 8.31. The van der Waals surface area contributed by atoms with Gasteiger partial charge >= 0.3 is 0 Å². The molecular formula is C8H9ClN4. The Bertz CT molecular complexity index is 435. The minimum atomic E-state index is 0.617. The van der Waals surface area contributed by atoms with E-state index in [-0.39, 0.29) is 0 Å². The Morgan fingerprint density at radius 1 is 1.46 bits per heavy atom. The molecule has 0 amide bonds. The molecule has 5 heteroatoms. The van der Waals surface area contributed by atoms with E-state index >= 15 is 0 Å². The maximum atomic E-state index is 6.00. The third kappa shape index (κ3) is 1.33. The van der Waals surface area contributed by atoms with E-state index in [0.29, 0.717) is 10.9 Å². The Hall–Kier alpha value is -1.29. The van der Waals surface area contributed by atoms with Gasteiger partial charge in [-0.1, -0.05) is 11.6 Å². The Balaban J connectivity index is 2.70. The lowest BCUT2D eigenvalue weighted by atomic mass is 10.5. The van der Waals surface area contributed by atoms with Crippen LogP contribution in [0.2, 0.25) is 5.15 Å². The predicted octanol–water partition coefficient (Wildman–Crippen LogP) is 1.45. The topological polar surface area (TPSA) is 33.4 Å². The molecule has 2 rings (SSSR count). The molecule has 2 aromatic rings. The van der Waals surface area contributed by atoms with E-state index < -0.39 is 0 Å². The standard InChI is InChI=1S/C8H9ClN4/c1-12(2)7-5-6(9)13-4-3-10-8(13)11-7/h3-5H,1-2H3. The highest BCUT2D eigenvalue weighted by Gasteiger charge is 2.04. The van der Waals surface area contributed by atoms with Gasteiger partial charge in [0.25, 0.3) is 0 Å². The van der Waals surface area contributed by atoms with Crippen LogP contribution in [0.3, 0.4) is 0 Å². The number of fused-ring (bicyclic) bond motifs is 1. The van der Waals surface area contributed by atoms with Crippen molar-refractivity contribution in [1.29, 1.82) is 0 Å². The molecular weight excluding hydrogens is 188 g/mol. The van der Waals surface area contributed by atoms with Gasteiger partial charge in [0.05, 0.1) is 0 Å². The summed E-state index contributed by atoms with van der Waals surface area (Å²) in [6.07, 6.45) is 3.46. The number of hydrogen-bond acceptors (Lipinski definition) is 3. The van der Waals surface area contributed by atoms with Crippen molar-refractivity contribution in [3.8, 4) is 0 Å². The van der Waals surface area contributed by atoms with Crippen molar-refractivity contribution >= 4 is 23.2 Å². The highest BCUT2D eigenvalue weighted by Crippen LogP contribution is 2.16. The van der Waals surface area contributed by atoms with Crippen molar-refractivity contribution < 1.29 is 0 Å². The Kier molecular flexibility index (Phi) is 1.84. The molecule has 0 radical (unpaired) electrons. The molecule has 0 saturated carbocycles. The molecule has 0 aliphatic carbocycles. The van der Waals surface area contributed by atoms with Crippen LogP contribution in [0.25, 0.3) is 5.78 Å². The monoisotopic (exact) mass is 196 g/mol. The molecule has 0 saturated heterocycles. The van der Waals surface area contributed by atoms with Crippen molar-refractivity contribution in [2.24, 2.45) is 0 Å². The van der Waals surface area contributed by atoms with Crippen LogP contribution in [-0.4, -0.2) is 28.5 Å². The SMILES string of the molecule is CN(C)c1cc(Cl)n2ccnc2n1. The van der Waals surface area contributed by atoms with Gasteiger partial charge in [-0.05, 0) is 0 Å². The summed E-state index contributed by atoms with van der Waals surface area (Å²) in [7, 11) is 3.83. The maximum absolute atomic E-state index is 6.00. The van der Waals surface area contributed by atoms with Gasteiger partial charge in [-0.15, -0.1) is 0 Å². The second kappa shape index (κ2) is 2.88. The van der Waals surface area contributed by atoms with Gasteiger partial charge in [-0.2, -0.15) is 4.98 Å². The molecule has 2 aromatic heterocycles. The minimum Gasteiger partial charge on any atom is -0.363 e. The van der Waals surface area contributed by atoms with Crippen LogP contribution in [-0.2, 0) is 0 Å². The second-order valence-electron chi connectivity index (χ2n) is 2.93. The molecule has 68 valence electrons. The molecule has 4 nitrogen and oxygen atoms in total. The summed E-state index contributed by atoms with van der Waals surface area (Å²) in [4.78, 5) is 10.2. The zero-order valence-electron chi connectivity index (χ0n) is 7.40. The average Bonchev–Trinajstić information content (AvgIpc) is 2.51. The number of halogens is 1. The van der Waals surface area contributed by atoms with Crippen molar-refractivity contribution in [2.75, 3.05) is 19.0 Å². The van der Waals surface area contributed by atoms with Gasteiger partial charge < -0.3 is 4.90 Å². The Morgan fingerprint density at radius 3 is 2.92 bits per heavy atom. The minimum absolute atomic E-state index is 0.617. The van der Waals surface area contributed by atoms with Gasteiger partial charge in [0, 0.05) is 32.6 Å².